The summed E-state index contributed by atoms with van der Waals surface area (Å²) in [7, 11) is 0. The molecule has 0 bridgehead atoms. The van der Waals surface area contributed by atoms with Gasteiger partial charge in [-0.1, -0.05) is 0 Å². The van der Waals surface area contributed by atoms with Crippen molar-refractivity contribution < 1.29 is 26.3 Å². The molecule has 0 radical (unpaired) electrons. The summed E-state index contributed by atoms with van der Waals surface area (Å²) >= 11 is 0. The van der Waals surface area contributed by atoms with Crippen LogP contribution in [0.2, 0.25) is 0 Å². The fourth-order valence-electron chi connectivity index (χ4n) is 0.296. The highest BCUT2D eigenvalue weighted by atomic mass is 16.5. The van der Waals surface area contributed by atoms with Gasteiger partial charge in [0.1, 0.15) is 0 Å². The van der Waals surface area contributed by atoms with E-state index < -0.39 is 44.1 Å². The van der Waals surface area contributed by atoms with E-state index in [0.29, 0.717) is 0 Å². The van der Waals surface area contributed by atoms with E-state index in [0.717, 1.165) is 0 Å². The molecule has 0 atom stereocenters. The first-order chi connectivity index (χ1) is 8.82. The maximum absolute atomic E-state index is 9.20. The lowest BCUT2D eigenvalue weighted by molar-refractivity contribution is 0.0306. The first-order valence-corrected chi connectivity index (χ1v) is 2.05. The number of morpholine rings is 1. The van der Waals surface area contributed by atoms with Crippen molar-refractivity contribution in [1.82, 2.24) is 4.90 Å². The lowest BCUT2D eigenvalue weighted by atomic mass is 10.4. The van der Waals surface area contributed by atoms with Crippen molar-refractivity contribution in [1.29, 1.82) is 0 Å². The Bertz CT molecular complexity index is 391. The van der Waals surface area contributed by atoms with Crippen molar-refractivity contribution in [3.05, 3.63) is 0 Å². The van der Waals surface area contributed by atoms with Crippen LogP contribution >= 0.6 is 0 Å². The Labute approximate surface area is 72.1 Å². The third kappa shape index (κ3) is 2.30. The summed E-state index contributed by atoms with van der Waals surface area (Å²) in [5.74, 6) is 0. The van der Waals surface area contributed by atoms with Crippen LogP contribution in [0.3, 0.4) is 0 Å². The summed E-state index contributed by atoms with van der Waals surface area (Å²) in [6.45, 7) is -21.9. The molecule has 0 aliphatic carbocycles. The maximum atomic E-state index is 9.20. The van der Waals surface area contributed by atoms with Gasteiger partial charge >= 0.3 is 0 Å². The molecule has 0 saturated carbocycles. The predicted molar refractivity (Wildman–Crippen MR) is 34.3 cm³/mol. The minimum absolute atomic E-state index is 0.656. The molecule has 0 amide bonds. The number of aliphatic hydroxyl groups is 1. The first kappa shape index (κ1) is 1.26. The number of hydrogen-bond donors (Lipinski definition) is 1. The number of β-amino-alcohol motifs (C(OH)–C–C–N with tert-alkyl or cyclic N) is 1. The largest absolute Gasteiger partial charge is 0.395 e. The average molecular weight is 143 g/mol. The lowest BCUT2D eigenvalue weighted by Gasteiger charge is -2.25. The fourth-order valence-corrected chi connectivity index (χ4v) is 0.296. The molecule has 0 aromatic carbocycles. The molecular formula is C6H13NO2. The van der Waals surface area contributed by atoms with Gasteiger partial charge < -0.3 is 9.84 Å². The van der Waals surface area contributed by atoms with E-state index in [4.69, 9.17) is 16.4 Å². The number of rotatable bonds is 2. The minimum atomic E-state index is -3.81. The standard InChI is InChI=1S/C6H13NO2/c8-4-1-7-2-5-9-6-3-7/h8H,1-6H2/i1D2,2D2,3D2,4D2,5D2,6D2. The lowest BCUT2D eigenvalue weighted by Crippen LogP contribution is -2.37. The molecule has 54 valence electrons. The van der Waals surface area contributed by atoms with Crippen molar-refractivity contribution in [3.63, 3.8) is 0 Å². The summed E-state index contributed by atoms with van der Waals surface area (Å²) in [4.78, 5) is -0.656. The van der Waals surface area contributed by atoms with Gasteiger partial charge in [-0.2, -0.15) is 0 Å². The Balaban J connectivity index is 3.63. The van der Waals surface area contributed by atoms with Gasteiger partial charge in [0.2, 0.25) is 0 Å². The van der Waals surface area contributed by atoms with E-state index in [1.165, 1.54) is 0 Å². The zero-order valence-electron chi connectivity index (χ0n) is 16.3. The third-order valence-corrected chi connectivity index (χ3v) is 0.579. The normalized spacial score (nSPS) is 67.7. The highest BCUT2D eigenvalue weighted by Gasteiger charge is 2.07. The molecule has 0 aromatic rings. The molecule has 1 rings (SSSR count). The van der Waals surface area contributed by atoms with Crippen LogP contribution in [-0.2, 0) is 4.74 Å². The van der Waals surface area contributed by atoms with Crippen molar-refractivity contribution >= 4 is 0 Å². The van der Waals surface area contributed by atoms with Gasteiger partial charge in [-0.3, -0.25) is 4.90 Å². The summed E-state index contributed by atoms with van der Waals surface area (Å²) in [6, 6.07) is 0. The van der Waals surface area contributed by atoms with E-state index in [2.05, 4.69) is 4.74 Å². The molecule has 0 aromatic heterocycles. The SMILES string of the molecule is [2H]C([2H])(O)C([2H])([2H])N1C([2H])([2H])C([2H])([2H])OC([2H])([2H])C1([2H])[2H]. The Hall–Kier alpha value is -0.120. The topological polar surface area (TPSA) is 32.7 Å². The molecule has 3 nitrogen and oxygen atoms in total. The molecular weight excluding hydrogens is 118 g/mol. The molecule has 3 heteroatoms. The minimum Gasteiger partial charge on any atom is -0.395 e. The third-order valence-electron chi connectivity index (χ3n) is 0.579. The molecule has 1 N–H and O–H groups in total. The van der Waals surface area contributed by atoms with Crippen LogP contribution in [-0.4, -0.2) is 49.2 Å². The smallest absolute Gasteiger partial charge is 0.0594 e. The zero-order chi connectivity index (χ0) is 17.3. The number of ether oxygens (including phenoxy) is 1. The van der Waals surface area contributed by atoms with Crippen LogP contribution in [0.5, 0.6) is 0 Å². The second-order valence-electron chi connectivity index (χ2n) is 1.09. The second kappa shape index (κ2) is 3.82. The van der Waals surface area contributed by atoms with E-state index in [9.17, 15) is 5.11 Å². The number of nitrogens with zero attached hydrogens (tertiary/aromatic N) is 1. The average Bonchev–Trinajstić information content (AvgIpc) is 2.09. The highest BCUT2D eigenvalue weighted by Crippen LogP contribution is 1.93. The van der Waals surface area contributed by atoms with Crippen molar-refractivity contribution in [2.75, 3.05) is 39.2 Å². The Kier molecular flexibility index (Phi) is 0.537. The van der Waals surface area contributed by atoms with E-state index in [-0.39, 0.29) is 0 Å². The van der Waals surface area contributed by atoms with Gasteiger partial charge in [-0.05, 0) is 0 Å². The zero-order valence-corrected chi connectivity index (χ0v) is 4.30. The van der Waals surface area contributed by atoms with Gasteiger partial charge in [0.25, 0.3) is 0 Å². The van der Waals surface area contributed by atoms with Crippen molar-refractivity contribution in [3.8, 4) is 0 Å². The van der Waals surface area contributed by atoms with Crippen LogP contribution in [0.15, 0.2) is 0 Å². The van der Waals surface area contributed by atoms with Crippen LogP contribution in [0.1, 0.15) is 16.4 Å². The van der Waals surface area contributed by atoms with Crippen LogP contribution in [0, 0.1) is 0 Å². The van der Waals surface area contributed by atoms with E-state index >= 15 is 0 Å². The van der Waals surface area contributed by atoms with Gasteiger partial charge in [-0.25, -0.2) is 0 Å². The quantitative estimate of drug-likeness (QED) is 0.555. The van der Waals surface area contributed by atoms with Crippen LogP contribution in [0.4, 0.5) is 0 Å². The first-order valence-electron chi connectivity index (χ1n) is 8.05. The number of hydrogen-bond acceptors (Lipinski definition) is 3. The predicted octanol–water partition coefficient (Wildman–Crippen LogP) is -0.689. The molecule has 1 aliphatic heterocycles. The van der Waals surface area contributed by atoms with Gasteiger partial charge in [0.15, 0.2) is 0 Å². The molecule has 1 saturated heterocycles. The summed E-state index contributed by atoms with van der Waals surface area (Å²) < 4.78 is 92.3. The van der Waals surface area contributed by atoms with Crippen molar-refractivity contribution in [2.24, 2.45) is 0 Å². The van der Waals surface area contributed by atoms with Gasteiger partial charge in [0.05, 0.1) is 27.9 Å². The summed E-state index contributed by atoms with van der Waals surface area (Å²) in [5, 5.41) is 9.20. The van der Waals surface area contributed by atoms with Crippen molar-refractivity contribution in [2.45, 2.75) is 0 Å². The highest BCUT2D eigenvalue weighted by molar-refractivity contribution is 4.59. The van der Waals surface area contributed by atoms with Gasteiger partial charge in [0, 0.05) is 27.7 Å². The van der Waals surface area contributed by atoms with E-state index in [1.54, 1.807) is 0 Å². The summed E-state index contributed by atoms with van der Waals surface area (Å²) in [6.07, 6.45) is 0. The second-order valence-corrected chi connectivity index (χ2v) is 1.09. The monoisotopic (exact) mass is 143 g/mol. The van der Waals surface area contributed by atoms with Gasteiger partial charge in [-0.15, -0.1) is 0 Å². The van der Waals surface area contributed by atoms with Crippen LogP contribution < -0.4 is 0 Å². The Morgan fingerprint density at radius 2 is 2.33 bits per heavy atom. The Morgan fingerprint density at radius 3 is 2.89 bits per heavy atom. The molecule has 1 fully saturated rings. The summed E-state index contributed by atoms with van der Waals surface area (Å²) in [5.41, 5.74) is 0. The molecule has 0 unspecified atom stereocenters. The maximum Gasteiger partial charge on any atom is 0.0594 e. The molecule has 9 heavy (non-hydrogen) atoms. The fraction of sp³-hybridized carbons (Fsp3) is 1.00. The van der Waals surface area contributed by atoms with E-state index in [1.807, 2.05) is 0 Å². The molecule has 1 heterocycles. The Morgan fingerprint density at radius 1 is 1.67 bits per heavy atom. The van der Waals surface area contributed by atoms with Crippen LogP contribution in [0.25, 0.3) is 0 Å². The molecule has 1 aliphatic rings. The molecule has 0 spiro atoms.